The zero-order chi connectivity index (χ0) is 29.9. The number of nitrogens with zero attached hydrogens (tertiary/aromatic N) is 2. The Hall–Kier alpha value is -3.30. The van der Waals surface area contributed by atoms with E-state index in [4.69, 9.17) is 14.2 Å². The molecule has 1 saturated carbocycles. The van der Waals surface area contributed by atoms with Crippen LogP contribution in [0.25, 0.3) is 0 Å². The van der Waals surface area contributed by atoms with Gasteiger partial charge in [0.15, 0.2) is 11.5 Å². The van der Waals surface area contributed by atoms with Gasteiger partial charge in [0.25, 0.3) is 5.91 Å². The maximum absolute atomic E-state index is 13.8. The molecule has 2 N–H and O–H groups in total. The highest BCUT2D eigenvalue weighted by atomic mass is 16.5. The standard InChI is InChI=1S/C33H48N4O5/c1-24(2)36(32(38)26-11-14-30(41-4)31(19-26)42-18-8-17-40-3)22-27-20-34-21-28(27)23-37(29-12-13-29)33(39)35-16-15-25-9-6-5-7-10-25/h5-7,9-11,14,19,24,27-29,34H,8,12-13,15-18,20-23H2,1-4H3,(H,35,39)/t27-,28+/m0/s1. The van der Waals surface area contributed by atoms with Crippen molar-refractivity contribution in [2.45, 2.75) is 51.6 Å². The smallest absolute Gasteiger partial charge is 0.317 e. The summed E-state index contributed by atoms with van der Waals surface area (Å²) in [6.07, 6.45) is 3.67. The molecule has 2 aliphatic rings. The molecule has 2 atom stereocenters. The number of hydrogen-bond acceptors (Lipinski definition) is 6. The van der Waals surface area contributed by atoms with E-state index in [1.54, 1.807) is 32.4 Å². The fourth-order valence-electron chi connectivity index (χ4n) is 5.57. The highest BCUT2D eigenvalue weighted by molar-refractivity contribution is 5.95. The molecule has 0 spiro atoms. The molecule has 9 heteroatoms. The summed E-state index contributed by atoms with van der Waals surface area (Å²) in [5, 5.41) is 6.68. The van der Waals surface area contributed by atoms with Gasteiger partial charge in [0.05, 0.1) is 13.7 Å². The summed E-state index contributed by atoms with van der Waals surface area (Å²) in [6, 6.07) is 16.0. The largest absolute Gasteiger partial charge is 0.493 e. The topological polar surface area (TPSA) is 92.4 Å². The Balaban J connectivity index is 1.38. The highest BCUT2D eigenvalue weighted by Gasteiger charge is 2.38. The molecule has 1 saturated heterocycles. The second-order valence-corrected chi connectivity index (χ2v) is 11.6. The van der Waals surface area contributed by atoms with E-state index in [1.807, 2.05) is 28.0 Å². The minimum Gasteiger partial charge on any atom is -0.493 e. The summed E-state index contributed by atoms with van der Waals surface area (Å²) in [6.45, 7) is 8.79. The van der Waals surface area contributed by atoms with Crippen LogP contribution in [0.4, 0.5) is 4.79 Å². The second kappa shape index (κ2) is 15.8. The Morgan fingerprint density at radius 1 is 0.976 bits per heavy atom. The summed E-state index contributed by atoms with van der Waals surface area (Å²) in [5.41, 5.74) is 1.79. The molecule has 0 unspecified atom stereocenters. The van der Waals surface area contributed by atoms with E-state index < -0.39 is 0 Å². The van der Waals surface area contributed by atoms with Crippen molar-refractivity contribution in [2.24, 2.45) is 11.8 Å². The number of ether oxygens (including phenoxy) is 3. The maximum atomic E-state index is 13.8. The predicted molar refractivity (Wildman–Crippen MR) is 164 cm³/mol. The lowest BCUT2D eigenvalue weighted by Gasteiger charge is -2.33. The molecule has 4 rings (SSSR count). The van der Waals surface area contributed by atoms with Crippen LogP contribution in [-0.2, 0) is 11.2 Å². The van der Waals surface area contributed by atoms with E-state index >= 15 is 0 Å². The van der Waals surface area contributed by atoms with Crippen LogP contribution in [0, 0.1) is 11.8 Å². The quantitative estimate of drug-likeness (QED) is 0.289. The summed E-state index contributed by atoms with van der Waals surface area (Å²) >= 11 is 0. The molecule has 1 aliphatic heterocycles. The lowest BCUT2D eigenvalue weighted by Crippen LogP contribution is -2.47. The van der Waals surface area contributed by atoms with Crippen LogP contribution in [-0.4, -0.2) is 94.0 Å². The summed E-state index contributed by atoms with van der Waals surface area (Å²) in [4.78, 5) is 31.0. The minimum atomic E-state index is -0.0299. The number of nitrogens with one attached hydrogen (secondary N) is 2. The van der Waals surface area contributed by atoms with E-state index in [1.165, 1.54) is 5.56 Å². The van der Waals surface area contributed by atoms with Crippen LogP contribution in [0.1, 0.15) is 49.0 Å². The molecular weight excluding hydrogens is 532 g/mol. The number of benzene rings is 2. The lowest BCUT2D eigenvalue weighted by molar-refractivity contribution is 0.0652. The number of methoxy groups -OCH3 is 2. The zero-order valence-corrected chi connectivity index (χ0v) is 25.6. The van der Waals surface area contributed by atoms with E-state index in [0.29, 0.717) is 56.0 Å². The number of hydrogen-bond donors (Lipinski definition) is 2. The van der Waals surface area contributed by atoms with E-state index in [-0.39, 0.29) is 29.8 Å². The van der Waals surface area contributed by atoms with Crippen molar-refractivity contribution in [1.29, 1.82) is 0 Å². The number of carbonyl (C=O) groups is 2. The van der Waals surface area contributed by atoms with Gasteiger partial charge in [0.2, 0.25) is 0 Å². The number of rotatable bonds is 16. The van der Waals surface area contributed by atoms with Gasteiger partial charge < -0.3 is 34.6 Å². The number of carbonyl (C=O) groups excluding carboxylic acids is 2. The van der Waals surface area contributed by atoms with Gasteiger partial charge >= 0.3 is 6.03 Å². The molecular formula is C33H48N4O5. The predicted octanol–water partition coefficient (Wildman–Crippen LogP) is 4.21. The minimum absolute atomic E-state index is 0.0205. The van der Waals surface area contributed by atoms with Crippen molar-refractivity contribution >= 4 is 11.9 Å². The average Bonchev–Trinajstić information content (AvgIpc) is 3.75. The van der Waals surface area contributed by atoms with Crippen molar-refractivity contribution in [3.8, 4) is 11.5 Å². The Morgan fingerprint density at radius 3 is 2.38 bits per heavy atom. The molecule has 0 bridgehead atoms. The van der Waals surface area contributed by atoms with Crippen molar-refractivity contribution < 1.29 is 23.8 Å². The monoisotopic (exact) mass is 580 g/mol. The van der Waals surface area contributed by atoms with Gasteiger partial charge in [-0.3, -0.25) is 4.79 Å². The first kappa shape index (κ1) is 31.6. The second-order valence-electron chi connectivity index (χ2n) is 11.6. The van der Waals surface area contributed by atoms with Crippen LogP contribution >= 0.6 is 0 Å². The van der Waals surface area contributed by atoms with Gasteiger partial charge in [-0.1, -0.05) is 30.3 Å². The first-order valence-corrected chi connectivity index (χ1v) is 15.3. The molecule has 0 radical (unpaired) electrons. The normalized spacial score (nSPS) is 18.1. The van der Waals surface area contributed by atoms with Crippen LogP contribution in [0.5, 0.6) is 11.5 Å². The van der Waals surface area contributed by atoms with Crippen molar-refractivity contribution in [1.82, 2.24) is 20.4 Å². The third-order valence-corrected chi connectivity index (χ3v) is 8.17. The molecule has 230 valence electrons. The number of amides is 3. The molecule has 2 aromatic carbocycles. The Labute approximate surface area is 250 Å². The number of urea groups is 1. The molecule has 9 nitrogen and oxygen atoms in total. The average molecular weight is 581 g/mol. The SMILES string of the molecule is COCCCOc1cc(C(=O)N(C[C@@H]2CNC[C@@H]2CN(C(=O)NCCc2ccccc2)C2CC2)C(C)C)ccc1OC. The molecule has 42 heavy (non-hydrogen) atoms. The van der Waals surface area contributed by atoms with Gasteiger partial charge in [-0.2, -0.15) is 0 Å². The maximum Gasteiger partial charge on any atom is 0.317 e. The Bertz CT molecular complexity index is 1140. The summed E-state index contributed by atoms with van der Waals surface area (Å²) in [7, 11) is 3.26. The fraction of sp³-hybridized carbons (Fsp3) is 0.576. The first-order chi connectivity index (χ1) is 20.4. The van der Waals surface area contributed by atoms with Gasteiger partial charge in [-0.15, -0.1) is 0 Å². The van der Waals surface area contributed by atoms with Crippen molar-refractivity contribution in [3.63, 3.8) is 0 Å². The first-order valence-electron chi connectivity index (χ1n) is 15.3. The van der Waals surface area contributed by atoms with Gasteiger partial charge in [0, 0.05) is 70.5 Å². The van der Waals surface area contributed by atoms with Gasteiger partial charge in [0.1, 0.15) is 0 Å². The molecule has 2 fully saturated rings. The lowest BCUT2D eigenvalue weighted by atomic mass is 9.94. The third kappa shape index (κ3) is 8.85. The Morgan fingerprint density at radius 2 is 1.71 bits per heavy atom. The summed E-state index contributed by atoms with van der Waals surface area (Å²) < 4.78 is 16.5. The fourth-order valence-corrected chi connectivity index (χ4v) is 5.57. The van der Waals surface area contributed by atoms with Crippen LogP contribution in [0.3, 0.4) is 0 Å². The molecule has 3 amide bonds. The van der Waals surface area contributed by atoms with Crippen LogP contribution in [0.15, 0.2) is 48.5 Å². The van der Waals surface area contributed by atoms with Crippen LogP contribution < -0.4 is 20.1 Å². The highest BCUT2D eigenvalue weighted by Crippen LogP contribution is 2.32. The Kier molecular flexibility index (Phi) is 11.9. The van der Waals surface area contributed by atoms with E-state index in [0.717, 1.165) is 38.8 Å². The van der Waals surface area contributed by atoms with Crippen LogP contribution in [0.2, 0.25) is 0 Å². The molecule has 1 aliphatic carbocycles. The zero-order valence-electron chi connectivity index (χ0n) is 25.6. The molecule has 2 aromatic rings. The van der Waals surface area contributed by atoms with Crippen molar-refractivity contribution in [2.75, 3.05) is 60.2 Å². The van der Waals surface area contributed by atoms with E-state index in [2.05, 4.69) is 36.6 Å². The van der Waals surface area contributed by atoms with Gasteiger partial charge in [-0.05, 0) is 68.7 Å². The van der Waals surface area contributed by atoms with Gasteiger partial charge in [-0.25, -0.2) is 4.79 Å². The summed E-state index contributed by atoms with van der Waals surface area (Å²) in [5.74, 6) is 1.65. The van der Waals surface area contributed by atoms with E-state index in [9.17, 15) is 9.59 Å². The molecule has 0 aromatic heterocycles. The third-order valence-electron chi connectivity index (χ3n) is 8.17. The molecule has 1 heterocycles. The van der Waals surface area contributed by atoms with Crippen molar-refractivity contribution in [3.05, 3.63) is 59.7 Å².